The Kier molecular flexibility index (Phi) is 5.85. The molecule has 1 amide bonds. The highest BCUT2D eigenvalue weighted by atomic mass is 32.1. The van der Waals surface area contributed by atoms with Crippen molar-refractivity contribution in [2.75, 3.05) is 7.05 Å². The van der Waals surface area contributed by atoms with Gasteiger partial charge in [-0.3, -0.25) is 9.36 Å². The van der Waals surface area contributed by atoms with Crippen molar-refractivity contribution >= 4 is 17.2 Å². The summed E-state index contributed by atoms with van der Waals surface area (Å²) < 4.78 is 2.86. The number of carbonyl (C=O) groups excluding carboxylic acids is 1. The highest BCUT2D eigenvalue weighted by Crippen LogP contribution is 2.20. The fourth-order valence-electron chi connectivity index (χ4n) is 2.86. The van der Waals surface area contributed by atoms with Crippen molar-refractivity contribution in [3.05, 3.63) is 68.8 Å². The smallest absolute Gasteiger partial charge is 0.335 e. The van der Waals surface area contributed by atoms with E-state index < -0.39 is 0 Å². The average molecular weight is 385 g/mol. The van der Waals surface area contributed by atoms with Crippen LogP contribution >= 0.6 is 11.3 Å². The number of rotatable bonds is 7. The SMILES string of the molecule is Cc1nn(CC(=O)N(C)[C@H](C)c2nccs2)c(=O)n1CCc1ccccc1. The molecule has 1 atom stereocenters. The van der Waals surface area contributed by atoms with Crippen molar-refractivity contribution in [3.63, 3.8) is 0 Å². The molecule has 7 nitrogen and oxygen atoms in total. The molecular formula is C19H23N5O2S. The van der Waals surface area contributed by atoms with E-state index in [0.29, 0.717) is 12.4 Å². The Labute approximate surface area is 161 Å². The monoisotopic (exact) mass is 385 g/mol. The predicted octanol–water partition coefficient (Wildman–Crippen LogP) is 2.27. The lowest BCUT2D eigenvalue weighted by molar-refractivity contribution is -0.132. The lowest BCUT2D eigenvalue weighted by atomic mass is 10.1. The Morgan fingerprint density at radius 3 is 2.70 bits per heavy atom. The van der Waals surface area contributed by atoms with Gasteiger partial charge in [0.15, 0.2) is 0 Å². The summed E-state index contributed by atoms with van der Waals surface area (Å²) in [4.78, 5) is 31.1. The van der Waals surface area contributed by atoms with Crippen molar-refractivity contribution < 1.29 is 4.79 Å². The lowest BCUT2D eigenvalue weighted by Gasteiger charge is -2.22. The molecule has 142 valence electrons. The van der Waals surface area contributed by atoms with Gasteiger partial charge in [-0.1, -0.05) is 30.3 Å². The lowest BCUT2D eigenvalue weighted by Crippen LogP contribution is -2.36. The molecule has 0 aliphatic rings. The molecule has 0 aliphatic carbocycles. The number of hydrogen-bond acceptors (Lipinski definition) is 5. The second-order valence-electron chi connectivity index (χ2n) is 6.43. The summed E-state index contributed by atoms with van der Waals surface area (Å²) in [5.41, 5.74) is 0.900. The second-order valence-corrected chi connectivity index (χ2v) is 7.35. The van der Waals surface area contributed by atoms with Gasteiger partial charge in [0.25, 0.3) is 0 Å². The maximum Gasteiger partial charge on any atom is 0.346 e. The van der Waals surface area contributed by atoms with Crippen molar-refractivity contribution in [2.24, 2.45) is 0 Å². The molecule has 0 fully saturated rings. The third-order valence-electron chi connectivity index (χ3n) is 4.64. The fourth-order valence-corrected chi connectivity index (χ4v) is 3.60. The molecule has 2 aromatic heterocycles. The second kappa shape index (κ2) is 8.30. The molecule has 0 bridgehead atoms. The summed E-state index contributed by atoms with van der Waals surface area (Å²) in [6.45, 7) is 4.16. The number of amides is 1. The number of likely N-dealkylation sites (N-methyl/N-ethyl adjacent to an activating group) is 1. The molecule has 0 spiro atoms. The first-order valence-electron chi connectivity index (χ1n) is 8.80. The third-order valence-corrected chi connectivity index (χ3v) is 5.59. The zero-order valence-electron chi connectivity index (χ0n) is 15.7. The topological polar surface area (TPSA) is 73.0 Å². The number of aryl methyl sites for hydroxylation is 2. The normalized spacial score (nSPS) is 12.1. The molecule has 0 N–H and O–H groups in total. The van der Waals surface area contributed by atoms with Gasteiger partial charge in [-0.2, -0.15) is 5.10 Å². The Balaban J connectivity index is 1.68. The van der Waals surface area contributed by atoms with Crippen LogP contribution in [0, 0.1) is 6.92 Å². The van der Waals surface area contributed by atoms with Crippen LogP contribution in [0.2, 0.25) is 0 Å². The molecule has 0 saturated carbocycles. The van der Waals surface area contributed by atoms with E-state index in [4.69, 9.17) is 0 Å². The number of thiazole rings is 1. The van der Waals surface area contributed by atoms with E-state index in [1.807, 2.05) is 42.6 Å². The van der Waals surface area contributed by atoms with Crippen LogP contribution in [0.4, 0.5) is 0 Å². The largest absolute Gasteiger partial charge is 0.346 e. The van der Waals surface area contributed by atoms with E-state index in [-0.39, 0.29) is 24.2 Å². The Hall–Kier alpha value is -2.74. The predicted molar refractivity (Wildman–Crippen MR) is 105 cm³/mol. The van der Waals surface area contributed by atoms with E-state index in [1.165, 1.54) is 16.0 Å². The minimum atomic E-state index is -0.257. The highest BCUT2D eigenvalue weighted by molar-refractivity contribution is 7.09. The quantitative estimate of drug-likeness (QED) is 0.625. The van der Waals surface area contributed by atoms with Crippen LogP contribution in [0.15, 0.2) is 46.7 Å². The van der Waals surface area contributed by atoms with Crippen LogP contribution in [0.5, 0.6) is 0 Å². The van der Waals surface area contributed by atoms with Crippen LogP contribution in [0.1, 0.15) is 29.4 Å². The van der Waals surface area contributed by atoms with Crippen LogP contribution in [-0.4, -0.2) is 37.2 Å². The highest BCUT2D eigenvalue weighted by Gasteiger charge is 2.21. The van der Waals surface area contributed by atoms with Crippen LogP contribution in [-0.2, 0) is 24.3 Å². The molecular weight excluding hydrogens is 362 g/mol. The average Bonchev–Trinajstić information content (AvgIpc) is 3.29. The third kappa shape index (κ3) is 4.33. The number of nitrogens with zero attached hydrogens (tertiary/aromatic N) is 5. The fraction of sp³-hybridized carbons (Fsp3) is 0.368. The van der Waals surface area contributed by atoms with Gasteiger partial charge in [0, 0.05) is 25.2 Å². The summed E-state index contributed by atoms with van der Waals surface area (Å²) in [7, 11) is 1.72. The summed E-state index contributed by atoms with van der Waals surface area (Å²) >= 11 is 1.50. The van der Waals surface area contributed by atoms with Crippen LogP contribution in [0.25, 0.3) is 0 Å². The van der Waals surface area contributed by atoms with Crippen molar-refractivity contribution in [2.45, 2.75) is 39.4 Å². The minimum absolute atomic E-state index is 0.0791. The summed E-state index contributed by atoms with van der Waals surface area (Å²) in [5, 5.41) is 7.02. The Bertz CT molecular complexity index is 946. The van der Waals surface area contributed by atoms with Gasteiger partial charge in [0.1, 0.15) is 17.4 Å². The van der Waals surface area contributed by atoms with Gasteiger partial charge >= 0.3 is 5.69 Å². The van der Waals surface area contributed by atoms with E-state index in [9.17, 15) is 9.59 Å². The van der Waals surface area contributed by atoms with Gasteiger partial charge in [-0.15, -0.1) is 11.3 Å². The molecule has 0 unspecified atom stereocenters. The first-order chi connectivity index (χ1) is 13.0. The van der Waals surface area contributed by atoms with E-state index in [2.05, 4.69) is 10.1 Å². The van der Waals surface area contributed by atoms with Crippen molar-refractivity contribution in [1.29, 1.82) is 0 Å². The van der Waals surface area contributed by atoms with Crippen molar-refractivity contribution in [1.82, 2.24) is 24.2 Å². The standard InChI is InChI=1S/C19H23N5O2S/c1-14(18-20-10-12-27-18)22(3)17(25)13-24-19(26)23(15(2)21-24)11-9-16-7-5-4-6-8-16/h4-8,10,12,14H,9,11,13H2,1-3H3/t14-/m1/s1. The summed E-state index contributed by atoms with van der Waals surface area (Å²) in [6.07, 6.45) is 2.46. The van der Waals surface area contributed by atoms with E-state index in [0.717, 1.165) is 17.0 Å². The van der Waals surface area contributed by atoms with Gasteiger partial charge in [0.2, 0.25) is 5.91 Å². The molecule has 1 aromatic carbocycles. The van der Waals surface area contributed by atoms with Gasteiger partial charge in [-0.25, -0.2) is 14.5 Å². The molecule has 8 heteroatoms. The zero-order valence-corrected chi connectivity index (χ0v) is 16.5. The number of carbonyl (C=O) groups is 1. The minimum Gasteiger partial charge on any atom is -0.335 e. The molecule has 0 aliphatic heterocycles. The van der Waals surface area contributed by atoms with E-state index in [1.54, 1.807) is 29.6 Å². The van der Waals surface area contributed by atoms with Crippen LogP contribution < -0.4 is 5.69 Å². The molecule has 2 heterocycles. The molecule has 0 radical (unpaired) electrons. The van der Waals surface area contributed by atoms with Crippen molar-refractivity contribution in [3.8, 4) is 0 Å². The summed E-state index contributed by atoms with van der Waals surface area (Å²) in [5.74, 6) is 0.437. The summed E-state index contributed by atoms with van der Waals surface area (Å²) in [6, 6.07) is 9.84. The molecule has 0 saturated heterocycles. The maximum absolute atomic E-state index is 12.7. The van der Waals surface area contributed by atoms with Gasteiger partial charge < -0.3 is 4.90 Å². The van der Waals surface area contributed by atoms with E-state index >= 15 is 0 Å². The molecule has 3 rings (SSSR count). The first-order valence-corrected chi connectivity index (χ1v) is 9.68. The maximum atomic E-state index is 12.7. The van der Waals surface area contributed by atoms with Gasteiger partial charge in [-0.05, 0) is 25.8 Å². The molecule has 27 heavy (non-hydrogen) atoms. The Morgan fingerprint density at radius 2 is 2.04 bits per heavy atom. The number of hydrogen-bond donors (Lipinski definition) is 0. The Morgan fingerprint density at radius 1 is 1.30 bits per heavy atom. The van der Waals surface area contributed by atoms with Crippen LogP contribution in [0.3, 0.4) is 0 Å². The zero-order chi connectivity index (χ0) is 19.4. The molecule has 3 aromatic rings. The number of aromatic nitrogens is 4. The first kappa shape index (κ1) is 19.0. The van der Waals surface area contributed by atoms with Gasteiger partial charge in [0.05, 0.1) is 6.04 Å². The number of benzene rings is 1.